The fourth-order valence-electron chi connectivity index (χ4n) is 3.79. The molecule has 0 aromatic heterocycles. The third-order valence-corrected chi connectivity index (χ3v) is 5.98. The summed E-state index contributed by atoms with van der Waals surface area (Å²) in [5.74, 6) is 0.527. The third kappa shape index (κ3) is 7.20. The van der Waals surface area contributed by atoms with Crippen LogP contribution in [0.2, 0.25) is 0 Å². The molecule has 2 amide bonds. The van der Waals surface area contributed by atoms with Crippen molar-refractivity contribution in [1.82, 2.24) is 10.2 Å². The quantitative estimate of drug-likeness (QED) is 0.449. The van der Waals surface area contributed by atoms with E-state index in [-0.39, 0.29) is 24.3 Å². The van der Waals surface area contributed by atoms with Crippen molar-refractivity contribution in [3.05, 3.63) is 102 Å². The molecule has 0 saturated carbocycles. The van der Waals surface area contributed by atoms with Gasteiger partial charge in [-0.15, -0.1) is 0 Å². The highest BCUT2D eigenvalue weighted by molar-refractivity contribution is 5.89. The molecule has 0 aliphatic rings. The second-order valence-corrected chi connectivity index (χ2v) is 8.56. The zero-order valence-corrected chi connectivity index (χ0v) is 20.2. The molecule has 0 saturated heterocycles. The van der Waals surface area contributed by atoms with E-state index in [0.29, 0.717) is 13.0 Å². The number of methoxy groups -OCH3 is 1. The molecule has 3 rings (SSSR count). The van der Waals surface area contributed by atoms with Crippen molar-refractivity contribution >= 4 is 11.8 Å². The Balaban J connectivity index is 1.93. The first-order valence-electron chi connectivity index (χ1n) is 11.8. The molecule has 5 heteroatoms. The van der Waals surface area contributed by atoms with Crippen LogP contribution in [0.1, 0.15) is 37.0 Å². The van der Waals surface area contributed by atoms with Gasteiger partial charge in [-0.1, -0.05) is 79.7 Å². The summed E-state index contributed by atoms with van der Waals surface area (Å²) in [6.45, 7) is 4.38. The minimum absolute atomic E-state index is 0.0287. The first kappa shape index (κ1) is 25.0. The van der Waals surface area contributed by atoms with Crippen molar-refractivity contribution in [3.8, 4) is 5.75 Å². The maximum Gasteiger partial charge on any atom is 0.243 e. The van der Waals surface area contributed by atoms with Crippen LogP contribution in [-0.4, -0.2) is 35.9 Å². The fourth-order valence-corrected chi connectivity index (χ4v) is 3.79. The number of nitrogens with zero attached hydrogens (tertiary/aromatic N) is 1. The van der Waals surface area contributed by atoms with E-state index in [1.807, 2.05) is 98.8 Å². The van der Waals surface area contributed by atoms with Crippen molar-refractivity contribution < 1.29 is 14.3 Å². The Labute approximate surface area is 202 Å². The number of nitrogens with one attached hydrogen (secondary N) is 1. The molecule has 0 fully saturated rings. The highest BCUT2D eigenvalue weighted by atomic mass is 16.5. The molecule has 0 spiro atoms. The maximum absolute atomic E-state index is 13.7. The summed E-state index contributed by atoms with van der Waals surface area (Å²) in [6, 6.07) is 26.6. The predicted octanol–water partition coefficient (Wildman–Crippen LogP) is 4.79. The first-order chi connectivity index (χ1) is 16.5. The van der Waals surface area contributed by atoms with Crippen LogP contribution in [0.4, 0.5) is 0 Å². The molecule has 0 bridgehead atoms. The Morgan fingerprint density at radius 2 is 1.44 bits per heavy atom. The van der Waals surface area contributed by atoms with E-state index in [4.69, 9.17) is 4.74 Å². The molecule has 0 aliphatic heterocycles. The van der Waals surface area contributed by atoms with Gasteiger partial charge in [0.1, 0.15) is 11.8 Å². The van der Waals surface area contributed by atoms with Crippen LogP contribution in [0.25, 0.3) is 0 Å². The second kappa shape index (κ2) is 12.6. The predicted molar refractivity (Wildman–Crippen MR) is 136 cm³/mol. The fraction of sp³-hybridized carbons (Fsp3) is 0.310. The SMILES string of the molecule is CCC(C)NC(=O)C(Cc1ccccc1)N(Cc1ccccc1)C(=O)Cc1ccc(OC)cc1. The average molecular weight is 459 g/mol. The van der Waals surface area contributed by atoms with E-state index >= 15 is 0 Å². The van der Waals surface area contributed by atoms with Crippen LogP contribution < -0.4 is 10.1 Å². The van der Waals surface area contributed by atoms with E-state index in [1.54, 1.807) is 12.0 Å². The summed E-state index contributed by atoms with van der Waals surface area (Å²) >= 11 is 0. The van der Waals surface area contributed by atoms with Gasteiger partial charge >= 0.3 is 0 Å². The van der Waals surface area contributed by atoms with Gasteiger partial charge < -0.3 is 15.0 Å². The molecule has 34 heavy (non-hydrogen) atoms. The van der Waals surface area contributed by atoms with E-state index in [1.165, 1.54) is 0 Å². The molecule has 178 valence electrons. The lowest BCUT2D eigenvalue weighted by Gasteiger charge is -2.32. The normalized spacial score (nSPS) is 12.4. The van der Waals surface area contributed by atoms with Crippen LogP contribution in [0.5, 0.6) is 5.75 Å². The van der Waals surface area contributed by atoms with Crippen LogP contribution in [0.3, 0.4) is 0 Å². The Bertz CT molecular complexity index is 1040. The molecular formula is C29H34N2O3. The van der Waals surface area contributed by atoms with E-state index in [2.05, 4.69) is 5.32 Å². The summed E-state index contributed by atoms with van der Waals surface area (Å²) in [5, 5.41) is 3.10. The molecule has 3 aromatic rings. The second-order valence-electron chi connectivity index (χ2n) is 8.56. The molecule has 1 N–H and O–H groups in total. The lowest BCUT2D eigenvalue weighted by molar-refractivity contribution is -0.141. The smallest absolute Gasteiger partial charge is 0.243 e. The van der Waals surface area contributed by atoms with Gasteiger partial charge in [-0.25, -0.2) is 0 Å². The maximum atomic E-state index is 13.7. The lowest BCUT2D eigenvalue weighted by Crippen LogP contribution is -2.52. The molecule has 0 heterocycles. The van der Waals surface area contributed by atoms with Crippen molar-refractivity contribution in [3.63, 3.8) is 0 Å². The van der Waals surface area contributed by atoms with Crippen LogP contribution in [0, 0.1) is 0 Å². The third-order valence-electron chi connectivity index (χ3n) is 5.98. The minimum Gasteiger partial charge on any atom is -0.497 e. The molecule has 5 nitrogen and oxygen atoms in total. The molecular weight excluding hydrogens is 424 g/mol. The van der Waals surface area contributed by atoms with Crippen molar-refractivity contribution in [2.45, 2.75) is 51.7 Å². The molecule has 2 unspecified atom stereocenters. The average Bonchev–Trinajstić information content (AvgIpc) is 2.87. The summed E-state index contributed by atoms with van der Waals surface area (Å²) in [6.07, 6.45) is 1.48. The molecule has 2 atom stereocenters. The largest absolute Gasteiger partial charge is 0.497 e. The van der Waals surface area contributed by atoms with Gasteiger partial charge in [0.15, 0.2) is 0 Å². The highest BCUT2D eigenvalue weighted by Crippen LogP contribution is 2.18. The van der Waals surface area contributed by atoms with Gasteiger partial charge in [0.05, 0.1) is 13.5 Å². The number of benzene rings is 3. The van der Waals surface area contributed by atoms with E-state index in [9.17, 15) is 9.59 Å². The number of hydrogen-bond donors (Lipinski definition) is 1. The monoisotopic (exact) mass is 458 g/mol. The van der Waals surface area contributed by atoms with E-state index < -0.39 is 6.04 Å². The van der Waals surface area contributed by atoms with Crippen molar-refractivity contribution in [2.24, 2.45) is 0 Å². The number of amides is 2. The van der Waals surface area contributed by atoms with Crippen LogP contribution in [0.15, 0.2) is 84.9 Å². The number of ether oxygens (including phenoxy) is 1. The zero-order chi connectivity index (χ0) is 24.3. The zero-order valence-electron chi connectivity index (χ0n) is 20.2. The van der Waals surface area contributed by atoms with Crippen molar-refractivity contribution in [2.75, 3.05) is 7.11 Å². The van der Waals surface area contributed by atoms with Gasteiger partial charge in [0.25, 0.3) is 0 Å². The summed E-state index contributed by atoms with van der Waals surface area (Å²) in [7, 11) is 1.62. The highest BCUT2D eigenvalue weighted by Gasteiger charge is 2.30. The van der Waals surface area contributed by atoms with Crippen LogP contribution >= 0.6 is 0 Å². The summed E-state index contributed by atoms with van der Waals surface area (Å²) in [5.41, 5.74) is 2.88. The number of carbonyl (C=O) groups excluding carboxylic acids is 2. The number of carbonyl (C=O) groups is 2. The minimum atomic E-state index is -0.623. The standard InChI is InChI=1S/C29H34N2O3/c1-4-22(2)30-29(33)27(19-23-11-7-5-8-12-23)31(21-25-13-9-6-10-14-25)28(32)20-24-15-17-26(34-3)18-16-24/h5-18,22,27H,4,19-21H2,1-3H3,(H,30,33). The van der Waals surface area contributed by atoms with Gasteiger partial charge in [-0.3, -0.25) is 9.59 Å². The summed E-state index contributed by atoms with van der Waals surface area (Å²) < 4.78 is 5.24. The summed E-state index contributed by atoms with van der Waals surface area (Å²) in [4.78, 5) is 28.9. The van der Waals surface area contributed by atoms with Gasteiger partial charge in [-0.2, -0.15) is 0 Å². The first-order valence-corrected chi connectivity index (χ1v) is 11.8. The van der Waals surface area contributed by atoms with Gasteiger partial charge in [-0.05, 0) is 42.2 Å². The number of rotatable bonds is 11. The van der Waals surface area contributed by atoms with Gasteiger partial charge in [0.2, 0.25) is 11.8 Å². The molecule has 0 aliphatic carbocycles. The van der Waals surface area contributed by atoms with Gasteiger partial charge in [0, 0.05) is 19.0 Å². The van der Waals surface area contributed by atoms with Crippen molar-refractivity contribution in [1.29, 1.82) is 0 Å². The number of hydrogen-bond acceptors (Lipinski definition) is 3. The molecule has 3 aromatic carbocycles. The Morgan fingerprint density at radius 3 is 2.00 bits per heavy atom. The Morgan fingerprint density at radius 1 is 0.853 bits per heavy atom. The Kier molecular flexibility index (Phi) is 9.27. The molecule has 0 radical (unpaired) electrons. The Hall–Kier alpha value is -3.60. The topological polar surface area (TPSA) is 58.6 Å². The van der Waals surface area contributed by atoms with Crippen LogP contribution in [-0.2, 0) is 29.0 Å². The van der Waals surface area contributed by atoms with E-state index in [0.717, 1.165) is 28.9 Å². The lowest BCUT2D eigenvalue weighted by atomic mass is 10.0.